The molecule has 2 aromatic rings. The quantitative estimate of drug-likeness (QED) is 0.558. The van der Waals surface area contributed by atoms with Gasteiger partial charge in [0.05, 0.1) is 11.0 Å². The first-order chi connectivity index (χ1) is 6.40. The number of aromatic nitrogens is 2. The molecule has 0 saturated carbocycles. The summed E-state index contributed by atoms with van der Waals surface area (Å²) in [6, 6.07) is 5.52. The van der Waals surface area contributed by atoms with Crippen molar-refractivity contribution in [3.63, 3.8) is 0 Å². The minimum Gasteiger partial charge on any atom is -0.253 e. The highest BCUT2D eigenvalue weighted by Crippen LogP contribution is 2.10. The molecule has 0 radical (unpaired) electrons. The van der Waals surface area contributed by atoms with Crippen molar-refractivity contribution in [2.45, 2.75) is 6.61 Å². The number of hydrogen-bond donors (Lipinski definition) is 1. The molecule has 1 heterocycles. The van der Waals surface area contributed by atoms with Gasteiger partial charge in [0, 0.05) is 12.4 Å². The zero-order chi connectivity index (χ0) is 9.10. The van der Waals surface area contributed by atoms with Gasteiger partial charge in [-0.15, -0.1) is 0 Å². The van der Waals surface area contributed by atoms with Gasteiger partial charge in [-0.3, -0.25) is 15.2 Å². The zero-order valence-electron chi connectivity index (χ0n) is 6.84. The Labute approximate surface area is 74.8 Å². The number of rotatable bonds is 2. The lowest BCUT2D eigenvalue weighted by atomic mass is 10.2. The lowest BCUT2D eigenvalue weighted by Gasteiger charge is -1.99. The van der Waals surface area contributed by atoms with Crippen LogP contribution in [0.1, 0.15) is 5.56 Å². The van der Waals surface area contributed by atoms with E-state index in [1.165, 1.54) is 0 Å². The lowest BCUT2D eigenvalue weighted by molar-refractivity contribution is -0.252. The second kappa shape index (κ2) is 3.47. The van der Waals surface area contributed by atoms with E-state index >= 15 is 0 Å². The molecule has 0 aliphatic rings. The molecule has 0 fully saturated rings. The average Bonchev–Trinajstić information content (AvgIpc) is 2.18. The molecule has 0 unspecified atom stereocenters. The van der Waals surface area contributed by atoms with Crippen LogP contribution in [0, 0.1) is 0 Å². The molecule has 2 rings (SSSR count). The highest BCUT2D eigenvalue weighted by Gasteiger charge is 1.97. The molecule has 0 aliphatic carbocycles. The molecule has 4 nitrogen and oxygen atoms in total. The Balaban J connectivity index is 2.49. The topological polar surface area (TPSA) is 55.2 Å². The first-order valence-electron chi connectivity index (χ1n) is 3.86. The Morgan fingerprint density at radius 2 is 1.92 bits per heavy atom. The van der Waals surface area contributed by atoms with Gasteiger partial charge in [0.15, 0.2) is 0 Å². The molecule has 66 valence electrons. The maximum absolute atomic E-state index is 8.26. The summed E-state index contributed by atoms with van der Waals surface area (Å²) in [6.45, 7) is 0.173. The van der Waals surface area contributed by atoms with E-state index in [-0.39, 0.29) is 6.61 Å². The van der Waals surface area contributed by atoms with Gasteiger partial charge in [-0.05, 0) is 17.7 Å². The van der Waals surface area contributed by atoms with Crippen LogP contribution in [-0.2, 0) is 11.5 Å². The van der Waals surface area contributed by atoms with Crippen molar-refractivity contribution in [1.29, 1.82) is 0 Å². The molecule has 13 heavy (non-hydrogen) atoms. The Bertz CT molecular complexity index is 417. The molecule has 0 atom stereocenters. The molecule has 0 spiro atoms. The van der Waals surface area contributed by atoms with E-state index in [0.717, 1.165) is 16.6 Å². The molecule has 0 amide bonds. The normalized spacial score (nSPS) is 10.5. The largest absolute Gasteiger partial charge is 0.253 e. The molecular weight excluding hydrogens is 168 g/mol. The molecule has 0 saturated heterocycles. The van der Waals surface area contributed by atoms with E-state index in [0.29, 0.717) is 0 Å². The van der Waals surface area contributed by atoms with Gasteiger partial charge < -0.3 is 0 Å². The van der Waals surface area contributed by atoms with Crippen molar-refractivity contribution >= 4 is 11.0 Å². The first kappa shape index (κ1) is 8.10. The van der Waals surface area contributed by atoms with Crippen LogP contribution in [0.15, 0.2) is 30.6 Å². The Morgan fingerprint density at radius 3 is 2.69 bits per heavy atom. The monoisotopic (exact) mass is 176 g/mol. The van der Waals surface area contributed by atoms with E-state index in [9.17, 15) is 0 Å². The van der Waals surface area contributed by atoms with Crippen molar-refractivity contribution in [2.24, 2.45) is 0 Å². The first-order valence-corrected chi connectivity index (χ1v) is 3.86. The molecule has 1 N–H and O–H groups in total. The lowest BCUT2D eigenvalue weighted by Crippen LogP contribution is -1.89. The molecule has 1 aromatic heterocycles. The van der Waals surface area contributed by atoms with Crippen LogP contribution in [0.4, 0.5) is 0 Å². The molecule has 1 aromatic carbocycles. The van der Waals surface area contributed by atoms with Gasteiger partial charge >= 0.3 is 0 Å². The van der Waals surface area contributed by atoms with Gasteiger partial charge in [0.1, 0.15) is 6.61 Å². The fourth-order valence-corrected chi connectivity index (χ4v) is 1.17. The molecule has 0 bridgehead atoms. The van der Waals surface area contributed by atoms with Gasteiger partial charge in [0.25, 0.3) is 0 Å². The maximum atomic E-state index is 8.26. The smallest absolute Gasteiger partial charge is 0.107 e. The van der Waals surface area contributed by atoms with Gasteiger partial charge in [-0.25, -0.2) is 4.89 Å². The van der Waals surface area contributed by atoms with Gasteiger partial charge in [-0.2, -0.15) is 0 Å². The summed E-state index contributed by atoms with van der Waals surface area (Å²) < 4.78 is 0. The second-order valence-corrected chi connectivity index (χ2v) is 2.65. The van der Waals surface area contributed by atoms with E-state index in [2.05, 4.69) is 14.9 Å². The van der Waals surface area contributed by atoms with Crippen molar-refractivity contribution in [2.75, 3.05) is 0 Å². The van der Waals surface area contributed by atoms with Crippen molar-refractivity contribution < 1.29 is 10.1 Å². The van der Waals surface area contributed by atoms with Crippen LogP contribution in [0.3, 0.4) is 0 Å². The summed E-state index contributed by atoms with van der Waals surface area (Å²) >= 11 is 0. The van der Waals surface area contributed by atoms with Crippen LogP contribution in [0.2, 0.25) is 0 Å². The summed E-state index contributed by atoms with van der Waals surface area (Å²) in [7, 11) is 0. The third kappa shape index (κ3) is 1.63. The molecular formula is C9H8N2O2. The second-order valence-electron chi connectivity index (χ2n) is 2.65. The summed E-state index contributed by atoms with van der Waals surface area (Å²) in [4.78, 5) is 12.3. The van der Waals surface area contributed by atoms with Crippen molar-refractivity contribution in [3.05, 3.63) is 36.2 Å². The van der Waals surface area contributed by atoms with Gasteiger partial charge in [0.2, 0.25) is 0 Å². The molecule has 0 aliphatic heterocycles. The third-order valence-electron chi connectivity index (χ3n) is 1.76. The van der Waals surface area contributed by atoms with Crippen molar-refractivity contribution in [3.8, 4) is 0 Å². The van der Waals surface area contributed by atoms with E-state index in [1.807, 2.05) is 18.2 Å². The number of benzene rings is 1. The third-order valence-corrected chi connectivity index (χ3v) is 1.76. The highest BCUT2D eigenvalue weighted by atomic mass is 17.1. The van der Waals surface area contributed by atoms with Crippen LogP contribution < -0.4 is 0 Å². The minimum absolute atomic E-state index is 0.173. The number of fused-ring (bicyclic) bond motifs is 1. The SMILES string of the molecule is OOCc1ccc2nccnc2c1. The minimum atomic E-state index is 0.173. The Kier molecular flexibility index (Phi) is 2.16. The van der Waals surface area contributed by atoms with Crippen LogP contribution in [0.5, 0.6) is 0 Å². The van der Waals surface area contributed by atoms with Crippen LogP contribution in [-0.4, -0.2) is 15.2 Å². The summed E-state index contributed by atoms with van der Waals surface area (Å²) in [5.74, 6) is 0. The average molecular weight is 176 g/mol. The maximum Gasteiger partial charge on any atom is 0.107 e. The van der Waals surface area contributed by atoms with E-state index in [4.69, 9.17) is 5.26 Å². The predicted molar refractivity (Wildman–Crippen MR) is 47.0 cm³/mol. The predicted octanol–water partition coefficient (Wildman–Crippen LogP) is 1.62. The van der Waals surface area contributed by atoms with Crippen LogP contribution >= 0.6 is 0 Å². The van der Waals surface area contributed by atoms with Crippen LogP contribution in [0.25, 0.3) is 11.0 Å². The fraction of sp³-hybridized carbons (Fsp3) is 0.111. The highest BCUT2D eigenvalue weighted by molar-refractivity contribution is 5.74. The molecule has 4 heteroatoms. The fourth-order valence-electron chi connectivity index (χ4n) is 1.17. The Morgan fingerprint density at radius 1 is 1.15 bits per heavy atom. The number of nitrogens with zero attached hydrogens (tertiary/aromatic N) is 2. The zero-order valence-corrected chi connectivity index (χ0v) is 6.84. The Hall–Kier alpha value is -1.52. The number of hydrogen-bond acceptors (Lipinski definition) is 4. The summed E-state index contributed by atoms with van der Waals surface area (Å²) in [6.07, 6.45) is 3.27. The van der Waals surface area contributed by atoms with Crippen molar-refractivity contribution in [1.82, 2.24) is 9.97 Å². The summed E-state index contributed by atoms with van der Waals surface area (Å²) in [5, 5.41) is 8.26. The van der Waals surface area contributed by atoms with E-state index in [1.54, 1.807) is 12.4 Å². The van der Waals surface area contributed by atoms with Gasteiger partial charge in [-0.1, -0.05) is 6.07 Å². The standard InChI is InChI=1S/C9H8N2O2/c12-13-6-7-1-2-8-9(5-7)11-4-3-10-8/h1-5,12H,6H2. The summed E-state index contributed by atoms with van der Waals surface area (Å²) in [5.41, 5.74) is 2.51. The van der Waals surface area contributed by atoms with E-state index < -0.39 is 0 Å².